The number of benzene rings is 1. The standard InChI is InChI=1S/C10H12.2C9H12/c1-2-6-10-8-4-3-7-9(10)5-1;2*1-2-5-9-7-3-6-8(9)4-1/h1-2,5-6H,3-4,7-8H2;6-7H,1-5H2;3,6H,1-2,4-5,7H2. The van der Waals surface area contributed by atoms with Gasteiger partial charge in [0.2, 0.25) is 0 Å². The van der Waals surface area contributed by atoms with Crippen molar-refractivity contribution in [2.45, 2.75) is 89.9 Å². The predicted molar refractivity (Wildman–Crippen MR) is 122 cm³/mol. The molecule has 1 fully saturated rings. The molecule has 5 aliphatic carbocycles. The summed E-state index contributed by atoms with van der Waals surface area (Å²) < 4.78 is 0. The van der Waals surface area contributed by atoms with Crippen LogP contribution in [0.2, 0.25) is 0 Å². The van der Waals surface area contributed by atoms with E-state index in [4.69, 9.17) is 0 Å². The van der Waals surface area contributed by atoms with Gasteiger partial charge in [-0.1, -0.05) is 54.1 Å². The van der Waals surface area contributed by atoms with Crippen molar-refractivity contribution in [3.8, 4) is 0 Å². The van der Waals surface area contributed by atoms with E-state index in [1.54, 1.807) is 33.4 Å². The highest BCUT2D eigenvalue weighted by atomic mass is 14.2. The van der Waals surface area contributed by atoms with Gasteiger partial charge >= 0.3 is 0 Å². The largest absolute Gasteiger partial charge is 0.0802 e. The van der Waals surface area contributed by atoms with E-state index < -0.39 is 0 Å². The lowest BCUT2D eigenvalue weighted by Gasteiger charge is -2.13. The molecule has 5 aliphatic rings. The third-order valence-corrected chi connectivity index (χ3v) is 6.86. The van der Waals surface area contributed by atoms with Gasteiger partial charge in [0, 0.05) is 0 Å². The summed E-state index contributed by atoms with van der Waals surface area (Å²) >= 11 is 0. The van der Waals surface area contributed by atoms with Crippen LogP contribution in [0, 0.1) is 0 Å². The molecule has 0 nitrogen and oxygen atoms in total. The number of hydrogen-bond donors (Lipinski definition) is 0. The first-order valence-corrected chi connectivity index (χ1v) is 11.7. The second kappa shape index (κ2) is 10.1. The van der Waals surface area contributed by atoms with Crippen LogP contribution in [0.15, 0.2) is 70.9 Å². The Morgan fingerprint density at radius 2 is 1.14 bits per heavy atom. The Kier molecular flexibility index (Phi) is 7.03. The zero-order valence-corrected chi connectivity index (χ0v) is 17.5. The number of fused-ring (bicyclic) bond motifs is 2. The minimum absolute atomic E-state index is 1.21. The van der Waals surface area contributed by atoms with Crippen molar-refractivity contribution in [1.82, 2.24) is 0 Å². The lowest BCUT2D eigenvalue weighted by molar-refractivity contribution is 0.681. The Balaban J connectivity index is 0.000000103. The van der Waals surface area contributed by atoms with E-state index in [1.807, 2.05) is 0 Å². The highest BCUT2D eigenvalue weighted by Crippen LogP contribution is 2.33. The SMILES string of the molecule is C1=C2CCCCC2=CC1.C1=CC2=C(C1)CCCC2.c1ccc2c(c1)CCCC2. The van der Waals surface area contributed by atoms with E-state index in [2.05, 4.69) is 48.6 Å². The van der Waals surface area contributed by atoms with E-state index >= 15 is 0 Å². The van der Waals surface area contributed by atoms with E-state index in [9.17, 15) is 0 Å². The molecular weight excluding hydrogens is 336 g/mol. The number of rotatable bonds is 0. The van der Waals surface area contributed by atoms with Crippen LogP contribution < -0.4 is 0 Å². The fourth-order valence-electron chi connectivity index (χ4n) is 5.21. The smallest absolute Gasteiger partial charge is 0.0130 e. The summed E-state index contributed by atoms with van der Waals surface area (Å²) in [6.07, 6.45) is 28.4. The fourth-order valence-corrected chi connectivity index (χ4v) is 5.21. The van der Waals surface area contributed by atoms with Crippen LogP contribution in [0.4, 0.5) is 0 Å². The summed E-state index contributed by atoms with van der Waals surface area (Å²) in [5.74, 6) is 0. The number of allylic oxidation sites excluding steroid dienone is 8. The van der Waals surface area contributed by atoms with Gasteiger partial charge in [0.05, 0.1) is 0 Å². The van der Waals surface area contributed by atoms with E-state index in [1.165, 1.54) is 89.9 Å². The third kappa shape index (κ3) is 5.16. The quantitative estimate of drug-likeness (QED) is 0.430. The minimum atomic E-state index is 1.21. The molecule has 0 radical (unpaired) electrons. The van der Waals surface area contributed by atoms with Crippen molar-refractivity contribution in [3.05, 3.63) is 82.0 Å². The Labute approximate surface area is 172 Å². The molecule has 0 amide bonds. The molecule has 0 aliphatic heterocycles. The summed E-state index contributed by atoms with van der Waals surface area (Å²) in [5.41, 5.74) is 9.84. The molecule has 1 aromatic rings. The maximum absolute atomic E-state index is 2.38. The van der Waals surface area contributed by atoms with E-state index in [-0.39, 0.29) is 0 Å². The molecule has 0 aromatic heterocycles. The first-order valence-electron chi connectivity index (χ1n) is 11.7. The topological polar surface area (TPSA) is 0 Å². The predicted octanol–water partition coefficient (Wildman–Crippen LogP) is 8.20. The van der Waals surface area contributed by atoms with Gasteiger partial charge in [0.15, 0.2) is 0 Å². The molecule has 6 rings (SSSR count). The lowest BCUT2D eigenvalue weighted by atomic mass is 9.92. The Hall–Kier alpha value is -1.82. The second-order valence-electron chi connectivity index (χ2n) is 8.82. The molecule has 0 atom stereocenters. The van der Waals surface area contributed by atoms with E-state index in [0.717, 1.165) is 0 Å². The number of hydrogen-bond acceptors (Lipinski definition) is 0. The van der Waals surface area contributed by atoms with Gasteiger partial charge in [-0.15, -0.1) is 0 Å². The van der Waals surface area contributed by atoms with Crippen molar-refractivity contribution < 1.29 is 0 Å². The lowest BCUT2D eigenvalue weighted by Crippen LogP contribution is -2.00. The second-order valence-corrected chi connectivity index (χ2v) is 8.82. The average Bonchev–Trinajstić information content (AvgIpc) is 3.44. The Morgan fingerprint density at radius 3 is 1.79 bits per heavy atom. The number of aryl methyl sites for hydroxylation is 2. The first-order chi connectivity index (χ1) is 13.9. The van der Waals surface area contributed by atoms with Crippen LogP contribution in [0.5, 0.6) is 0 Å². The molecule has 0 saturated heterocycles. The Morgan fingerprint density at radius 1 is 0.571 bits per heavy atom. The van der Waals surface area contributed by atoms with E-state index in [0.29, 0.717) is 0 Å². The van der Waals surface area contributed by atoms with Crippen molar-refractivity contribution in [3.63, 3.8) is 0 Å². The summed E-state index contributed by atoms with van der Waals surface area (Å²) in [5, 5.41) is 0. The highest BCUT2D eigenvalue weighted by Gasteiger charge is 2.13. The van der Waals surface area contributed by atoms with Gasteiger partial charge in [0.25, 0.3) is 0 Å². The first kappa shape index (κ1) is 19.5. The molecule has 0 bridgehead atoms. The molecule has 28 heavy (non-hydrogen) atoms. The Bertz CT molecular complexity index is 739. The molecule has 1 aromatic carbocycles. The maximum atomic E-state index is 2.38. The monoisotopic (exact) mass is 372 g/mol. The third-order valence-electron chi connectivity index (χ3n) is 6.86. The van der Waals surface area contributed by atoms with Crippen molar-refractivity contribution >= 4 is 0 Å². The summed E-state index contributed by atoms with van der Waals surface area (Å²) in [7, 11) is 0. The van der Waals surface area contributed by atoms with Gasteiger partial charge < -0.3 is 0 Å². The van der Waals surface area contributed by atoms with Crippen LogP contribution in [0.1, 0.15) is 88.2 Å². The summed E-state index contributed by atoms with van der Waals surface area (Å²) in [6.45, 7) is 0. The molecule has 0 spiro atoms. The van der Waals surface area contributed by atoms with Crippen molar-refractivity contribution in [2.75, 3.05) is 0 Å². The maximum Gasteiger partial charge on any atom is -0.0130 e. The minimum Gasteiger partial charge on any atom is -0.0802 e. The normalized spacial score (nSPS) is 21.9. The zero-order chi connectivity index (χ0) is 19.0. The molecule has 1 saturated carbocycles. The molecule has 0 heterocycles. The van der Waals surface area contributed by atoms with Crippen LogP contribution in [0.25, 0.3) is 0 Å². The molecule has 0 unspecified atom stereocenters. The molecule has 0 heteroatoms. The van der Waals surface area contributed by atoms with Crippen LogP contribution in [-0.4, -0.2) is 0 Å². The van der Waals surface area contributed by atoms with Crippen molar-refractivity contribution in [2.24, 2.45) is 0 Å². The summed E-state index contributed by atoms with van der Waals surface area (Å²) in [6, 6.07) is 8.80. The fraction of sp³-hybridized carbons (Fsp3) is 0.500. The van der Waals surface area contributed by atoms with Crippen LogP contribution in [0.3, 0.4) is 0 Å². The summed E-state index contributed by atoms with van der Waals surface area (Å²) in [4.78, 5) is 0. The van der Waals surface area contributed by atoms with Gasteiger partial charge in [-0.3, -0.25) is 0 Å². The van der Waals surface area contributed by atoms with Crippen molar-refractivity contribution in [1.29, 1.82) is 0 Å². The van der Waals surface area contributed by atoms with Crippen LogP contribution >= 0.6 is 0 Å². The van der Waals surface area contributed by atoms with Gasteiger partial charge in [0.1, 0.15) is 0 Å². The van der Waals surface area contributed by atoms with Gasteiger partial charge in [-0.2, -0.15) is 0 Å². The molecular formula is C28H36. The highest BCUT2D eigenvalue weighted by molar-refractivity contribution is 5.38. The van der Waals surface area contributed by atoms with Crippen LogP contribution in [-0.2, 0) is 12.8 Å². The molecule has 0 N–H and O–H groups in total. The average molecular weight is 373 g/mol. The molecule has 148 valence electrons. The van der Waals surface area contributed by atoms with Gasteiger partial charge in [-0.05, 0) is 118 Å². The van der Waals surface area contributed by atoms with Gasteiger partial charge in [-0.25, -0.2) is 0 Å². The zero-order valence-electron chi connectivity index (χ0n) is 17.5.